The molecule has 2 aromatic rings. The molecule has 0 bridgehead atoms. The summed E-state index contributed by atoms with van der Waals surface area (Å²) >= 11 is 11.9. The predicted octanol–water partition coefficient (Wildman–Crippen LogP) is 3.69. The molecule has 4 nitrogen and oxygen atoms in total. The molecule has 1 N–H and O–H groups in total. The van der Waals surface area contributed by atoms with E-state index in [-0.39, 0.29) is 0 Å². The molecule has 0 aromatic heterocycles. The number of piperazine rings is 1. The van der Waals surface area contributed by atoms with Gasteiger partial charge in [-0.25, -0.2) is 0 Å². The van der Waals surface area contributed by atoms with E-state index >= 15 is 0 Å². The fourth-order valence-corrected chi connectivity index (χ4v) is 3.42. The second-order valence-corrected chi connectivity index (χ2v) is 7.44. The van der Waals surface area contributed by atoms with Crippen LogP contribution in [-0.4, -0.2) is 55.4 Å². The summed E-state index contributed by atoms with van der Waals surface area (Å²) in [6.07, 6.45) is -0.486. The van der Waals surface area contributed by atoms with Crippen molar-refractivity contribution >= 4 is 28.9 Å². The molecule has 0 amide bonds. The Hall–Kier alpha value is -1.30. The number of β-amino-alcohol motifs (C(OH)–C–C–N with tert-alkyl or cyclic N) is 1. The van der Waals surface area contributed by atoms with Gasteiger partial charge >= 0.3 is 0 Å². The third-order valence-electron chi connectivity index (χ3n) is 4.51. The Morgan fingerprint density at radius 3 is 2.38 bits per heavy atom. The minimum absolute atomic E-state index is 0.330. The van der Waals surface area contributed by atoms with Crippen molar-refractivity contribution in [3.8, 4) is 0 Å². The second kappa shape index (κ2) is 9.58. The van der Waals surface area contributed by atoms with E-state index in [0.717, 1.165) is 42.5 Å². The average Bonchev–Trinajstić information content (AvgIpc) is 2.64. The molecule has 2 aromatic carbocycles. The molecule has 3 rings (SSSR count). The summed E-state index contributed by atoms with van der Waals surface area (Å²) in [5, 5.41) is 11.7. The maximum atomic E-state index is 10.2. The predicted molar refractivity (Wildman–Crippen MR) is 107 cm³/mol. The van der Waals surface area contributed by atoms with Crippen LogP contribution in [0.1, 0.15) is 5.56 Å². The number of hydrogen-bond acceptors (Lipinski definition) is 4. The number of halogens is 2. The first kappa shape index (κ1) is 19.5. The molecule has 0 aliphatic carbocycles. The molecule has 1 fully saturated rings. The van der Waals surface area contributed by atoms with Crippen molar-refractivity contribution in [2.75, 3.05) is 44.2 Å². The van der Waals surface area contributed by atoms with E-state index in [1.165, 1.54) is 0 Å². The minimum Gasteiger partial charge on any atom is -0.389 e. The molecule has 140 valence electrons. The molecule has 1 atom stereocenters. The van der Waals surface area contributed by atoms with Crippen LogP contribution in [0.5, 0.6) is 0 Å². The van der Waals surface area contributed by atoms with Crippen LogP contribution in [0.4, 0.5) is 5.69 Å². The zero-order valence-electron chi connectivity index (χ0n) is 14.7. The smallest absolute Gasteiger partial charge is 0.0900 e. The van der Waals surface area contributed by atoms with Crippen LogP contribution in [-0.2, 0) is 11.3 Å². The van der Waals surface area contributed by atoms with Crippen molar-refractivity contribution in [1.82, 2.24) is 4.90 Å². The molecule has 6 heteroatoms. The van der Waals surface area contributed by atoms with Crippen LogP contribution < -0.4 is 4.90 Å². The number of hydrogen-bond donors (Lipinski definition) is 1. The Balaban J connectivity index is 1.36. The van der Waals surface area contributed by atoms with E-state index in [0.29, 0.717) is 24.8 Å². The molecule has 1 saturated heterocycles. The summed E-state index contributed by atoms with van der Waals surface area (Å²) in [6.45, 7) is 5.14. The van der Waals surface area contributed by atoms with Gasteiger partial charge in [0.25, 0.3) is 0 Å². The van der Waals surface area contributed by atoms with Crippen LogP contribution in [0.25, 0.3) is 0 Å². The highest BCUT2D eigenvalue weighted by molar-refractivity contribution is 6.31. The van der Waals surface area contributed by atoms with Gasteiger partial charge in [0.05, 0.1) is 19.3 Å². The third kappa shape index (κ3) is 5.86. The normalized spacial score (nSPS) is 16.7. The van der Waals surface area contributed by atoms with Gasteiger partial charge in [-0.05, 0) is 35.9 Å². The van der Waals surface area contributed by atoms with Gasteiger partial charge in [-0.3, -0.25) is 4.90 Å². The maximum Gasteiger partial charge on any atom is 0.0900 e. The van der Waals surface area contributed by atoms with E-state index in [1.807, 2.05) is 42.5 Å². The molecular formula is C20H24Cl2N2O2. The van der Waals surface area contributed by atoms with E-state index < -0.39 is 6.10 Å². The lowest BCUT2D eigenvalue weighted by atomic mass is 10.2. The number of rotatable bonds is 7. The summed E-state index contributed by atoms with van der Waals surface area (Å²) in [7, 11) is 0. The van der Waals surface area contributed by atoms with E-state index in [9.17, 15) is 5.11 Å². The Labute approximate surface area is 164 Å². The Kier molecular flexibility index (Phi) is 7.17. The molecule has 0 unspecified atom stereocenters. The van der Waals surface area contributed by atoms with E-state index in [4.69, 9.17) is 27.9 Å². The molecule has 0 saturated carbocycles. The highest BCUT2D eigenvalue weighted by Gasteiger charge is 2.19. The minimum atomic E-state index is -0.486. The van der Waals surface area contributed by atoms with Gasteiger partial charge in [0.1, 0.15) is 0 Å². The third-order valence-corrected chi connectivity index (χ3v) is 4.99. The number of aliphatic hydroxyl groups excluding tert-OH is 1. The molecule has 0 radical (unpaired) electrons. The fourth-order valence-electron chi connectivity index (χ4n) is 3.11. The number of benzene rings is 2. The lowest BCUT2D eigenvalue weighted by Crippen LogP contribution is -2.49. The molecule has 0 spiro atoms. The number of anilines is 1. The summed E-state index contributed by atoms with van der Waals surface area (Å²) < 4.78 is 5.62. The number of aliphatic hydroxyl groups is 1. The van der Waals surface area contributed by atoms with Gasteiger partial charge in [-0.2, -0.15) is 0 Å². The van der Waals surface area contributed by atoms with Crippen molar-refractivity contribution in [2.45, 2.75) is 12.7 Å². The largest absolute Gasteiger partial charge is 0.389 e. The van der Waals surface area contributed by atoms with Crippen LogP contribution in [0.2, 0.25) is 10.0 Å². The number of nitrogens with zero attached hydrogens (tertiary/aromatic N) is 2. The van der Waals surface area contributed by atoms with Gasteiger partial charge in [-0.1, -0.05) is 41.4 Å². The van der Waals surface area contributed by atoms with Crippen molar-refractivity contribution in [2.24, 2.45) is 0 Å². The lowest BCUT2D eigenvalue weighted by Gasteiger charge is -2.36. The van der Waals surface area contributed by atoms with Crippen LogP contribution in [0.3, 0.4) is 0 Å². The maximum absolute atomic E-state index is 10.2. The van der Waals surface area contributed by atoms with Crippen LogP contribution >= 0.6 is 23.2 Å². The van der Waals surface area contributed by atoms with Gasteiger partial charge in [0.15, 0.2) is 0 Å². The SMILES string of the molecule is O[C@H](COCc1ccc(Cl)cc1)CN1CCN(c2cccc(Cl)c2)CC1. The first-order chi connectivity index (χ1) is 12.6. The summed E-state index contributed by atoms with van der Waals surface area (Å²) in [4.78, 5) is 4.60. The lowest BCUT2D eigenvalue weighted by molar-refractivity contribution is 0.00914. The van der Waals surface area contributed by atoms with Crippen molar-refractivity contribution in [3.05, 3.63) is 64.1 Å². The highest BCUT2D eigenvalue weighted by Crippen LogP contribution is 2.20. The first-order valence-electron chi connectivity index (χ1n) is 8.83. The molecule has 26 heavy (non-hydrogen) atoms. The van der Waals surface area contributed by atoms with Crippen LogP contribution in [0, 0.1) is 0 Å². The van der Waals surface area contributed by atoms with Gasteiger partial charge in [-0.15, -0.1) is 0 Å². The van der Waals surface area contributed by atoms with Gasteiger partial charge < -0.3 is 14.7 Å². The Morgan fingerprint density at radius 2 is 1.69 bits per heavy atom. The zero-order chi connectivity index (χ0) is 18.4. The van der Waals surface area contributed by atoms with Gasteiger partial charge in [0.2, 0.25) is 0 Å². The second-order valence-electron chi connectivity index (χ2n) is 6.56. The summed E-state index contributed by atoms with van der Waals surface area (Å²) in [6, 6.07) is 15.5. The highest BCUT2D eigenvalue weighted by atomic mass is 35.5. The Bertz CT molecular complexity index is 688. The summed E-state index contributed by atoms with van der Waals surface area (Å²) in [5.74, 6) is 0. The van der Waals surface area contributed by atoms with Crippen LogP contribution in [0.15, 0.2) is 48.5 Å². The monoisotopic (exact) mass is 394 g/mol. The van der Waals surface area contributed by atoms with Crippen molar-refractivity contribution in [1.29, 1.82) is 0 Å². The molecule has 1 heterocycles. The molecule has 1 aliphatic heterocycles. The average molecular weight is 395 g/mol. The topological polar surface area (TPSA) is 35.9 Å². The van der Waals surface area contributed by atoms with E-state index in [2.05, 4.69) is 15.9 Å². The van der Waals surface area contributed by atoms with Crippen molar-refractivity contribution < 1.29 is 9.84 Å². The molecular weight excluding hydrogens is 371 g/mol. The fraction of sp³-hybridized carbons (Fsp3) is 0.400. The standard InChI is InChI=1S/C20H24Cl2N2O2/c21-17-6-4-16(5-7-17)14-26-15-20(25)13-23-8-10-24(11-9-23)19-3-1-2-18(22)12-19/h1-7,12,20,25H,8-11,13-15H2/t20-/m0/s1. The van der Waals surface area contributed by atoms with E-state index in [1.54, 1.807) is 0 Å². The van der Waals surface area contributed by atoms with Crippen molar-refractivity contribution in [3.63, 3.8) is 0 Å². The Morgan fingerprint density at radius 1 is 0.962 bits per heavy atom. The quantitative estimate of drug-likeness (QED) is 0.776. The summed E-state index contributed by atoms with van der Waals surface area (Å²) in [5.41, 5.74) is 2.21. The zero-order valence-corrected chi connectivity index (χ0v) is 16.2. The molecule has 1 aliphatic rings. The first-order valence-corrected chi connectivity index (χ1v) is 9.59. The van der Waals surface area contributed by atoms with Gasteiger partial charge in [0, 0.05) is 48.5 Å². The number of ether oxygens (including phenoxy) is 1.